The van der Waals surface area contributed by atoms with Crippen molar-refractivity contribution in [1.82, 2.24) is 0 Å². The summed E-state index contributed by atoms with van der Waals surface area (Å²) in [6.45, 7) is 4.63. The number of ether oxygens (including phenoxy) is 1. The van der Waals surface area contributed by atoms with Gasteiger partial charge in [0.1, 0.15) is 0 Å². The van der Waals surface area contributed by atoms with Crippen molar-refractivity contribution < 1.29 is 19.7 Å². The lowest BCUT2D eigenvalue weighted by Gasteiger charge is -2.03. The molecule has 0 aromatic rings. The Morgan fingerprint density at radius 1 is 1.21 bits per heavy atom. The molecule has 0 rings (SSSR count). The summed E-state index contributed by atoms with van der Waals surface area (Å²) in [5.74, 6) is -0.964. The van der Waals surface area contributed by atoms with E-state index in [1.54, 1.807) is 0 Å². The molecule has 0 aliphatic carbocycles. The van der Waals surface area contributed by atoms with Gasteiger partial charge in [-0.05, 0) is 19.3 Å². The van der Waals surface area contributed by atoms with E-state index < -0.39 is 5.97 Å². The van der Waals surface area contributed by atoms with Crippen LogP contribution >= 0.6 is 0 Å². The lowest BCUT2D eigenvalue weighted by molar-refractivity contribution is -0.132. The number of aliphatic hydroxyl groups is 1. The Balaban J connectivity index is 3.13. The van der Waals surface area contributed by atoms with Gasteiger partial charge in [0.25, 0.3) is 0 Å². The summed E-state index contributed by atoms with van der Waals surface area (Å²) in [7, 11) is 0. The van der Waals surface area contributed by atoms with Crippen LogP contribution < -0.4 is 0 Å². The predicted octanol–water partition coefficient (Wildman–Crippen LogP) is 1.20. The molecule has 2 N–H and O–H groups in total. The van der Waals surface area contributed by atoms with Crippen LogP contribution in [0.4, 0.5) is 0 Å². The Morgan fingerprint density at radius 3 is 2.50 bits per heavy atom. The third-order valence-electron chi connectivity index (χ3n) is 1.80. The van der Waals surface area contributed by atoms with Gasteiger partial charge < -0.3 is 14.9 Å². The van der Waals surface area contributed by atoms with Crippen LogP contribution in [0.5, 0.6) is 0 Å². The number of carboxylic acids is 1. The molecule has 14 heavy (non-hydrogen) atoms. The van der Waals surface area contributed by atoms with Crippen LogP contribution in [0.25, 0.3) is 0 Å². The van der Waals surface area contributed by atoms with Crippen molar-refractivity contribution in [3.05, 3.63) is 12.2 Å². The van der Waals surface area contributed by atoms with Crippen molar-refractivity contribution >= 4 is 5.97 Å². The average Bonchev–Trinajstić information content (AvgIpc) is 2.16. The first-order chi connectivity index (χ1) is 6.68. The van der Waals surface area contributed by atoms with Gasteiger partial charge in [-0.25, -0.2) is 4.79 Å². The average molecular weight is 202 g/mol. The minimum atomic E-state index is -0.964. The van der Waals surface area contributed by atoms with E-state index in [0.717, 1.165) is 19.3 Å². The second-order valence-corrected chi connectivity index (χ2v) is 3.06. The number of hydrogen-bond acceptors (Lipinski definition) is 3. The summed E-state index contributed by atoms with van der Waals surface area (Å²) < 4.78 is 5.20. The summed E-state index contributed by atoms with van der Waals surface area (Å²) in [5.41, 5.74) is 0.181. The van der Waals surface area contributed by atoms with E-state index in [9.17, 15) is 4.79 Å². The van der Waals surface area contributed by atoms with E-state index in [2.05, 4.69) is 6.58 Å². The van der Waals surface area contributed by atoms with Crippen LogP contribution in [0.2, 0.25) is 0 Å². The zero-order valence-corrected chi connectivity index (χ0v) is 8.37. The molecule has 0 fully saturated rings. The molecule has 0 saturated heterocycles. The molecule has 0 unspecified atom stereocenters. The lowest BCUT2D eigenvalue weighted by atomic mass is 10.2. The largest absolute Gasteiger partial charge is 0.478 e. The Kier molecular flexibility index (Phi) is 8.17. The van der Waals surface area contributed by atoms with Crippen LogP contribution in [0.1, 0.15) is 25.7 Å². The van der Waals surface area contributed by atoms with Crippen molar-refractivity contribution in [1.29, 1.82) is 0 Å². The summed E-state index contributed by atoms with van der Waals surface area (Å²) in [5, 5.41) is 17.0. The van der Waals surface area contributed by atoms with E-state index in [4.69, 9.17) is 14.9 Å². The van der Waals surface area contributed by atoms with Gasteiger partial charge in [-0.2, -0.15) is 0 Å². The maximum atomic E-state index is 10.3. The first-order valence-corrected chi connectivity index (χ1v) is 4.78. The van der Waals surface area contributed by atoms with Crippen molar-refractivity contribution in [2.45, 2.75) is 25.7 Å². The smallest absolute Gasteiger partial charge is 0.331 e. The molecule has 0 amide bonds. The highest BCUT2D eigenvalue weighted by Crippen LogP contribution is 2.00. The fraction of sp³-hybridized carbons (Fsp3) is 0.700. The molecule has 4 heteroatoms. The SMILES string of the molecule is C=C(CCOCCCCCO)C(=O)O. The molecule has 0 bridgehead atoms. The van der Waals surface area contributed by atoms with Crippen molar-refractivity contribution in [3.63, 3.8) is 0 Å². The number of carbonyl (C=O) groups is 1. The van der Waals surface area contributed by atoms with Crippen LogP contribution in [0, 0.1) is 0 Å². The fourth-order valence-electron chi connectivity index (χ4n) is 0.897. The maximum absolute atomic E-state index is 10.3. The van der Waals surface area contributed by atoms with Gasteiger partial charge in [-0.15, -0.1) is 0 Å². The zero-order chi connectivity index (χ0) is 10.8. The third-order valence-corrected chi connectivity index (χ3v) is 1.80. The minimum absolute atomic E-state index is 0.181. The molecule has 0 radical (unpaired) electrons. The topological polar surface area (TPSA) is 66.8 Å². The molecule has 0 heterocycles. The number of hydrogen-bond donors (Lipinski definition) is 2. The molecule has 82 valence electrons. The zero-order valence-electron chi connectivity index (χ0n) is 8.37. The van der Waals surface area contributed by atoms with Gasteiger partial charge in [-0.1, -0.05) is 6.58 Å². The van der Waals surface area contributed by atoms with Crippen molar-refractivity contribution in [2.24, 2.45) is 0 Å². The Morgan fingerprint density at radius 2 is 1.93 bits per heavy atom. The van der Waals surface area contributed by atoms with Gasteiger partial charge >= 0.3 is 5.97 Å². The summed E-state index contributed by atoms with van der Waals surface area (Å²) >= 11 is 0. The quantitative estimate of drug-likeness (QED) is 0.435. The monoisotopic (exact) mass is 202 g/mol. The first kappa shape index (κ1) is 13.1. The molecule has 4 nitrogen and oxygen atoms in total. The lowest BCUT2D eigenvalue weighted by Crippen LogP contribution is -2.04. The Labute approximate surface area is 84.2 Å². The molecule has 0 aliphatic rings. The highest BCUT2D eigenvalue weighted by molar-refractivity contribution is 5.85. The Hall–Kier alpha value is -0.870. The highest BCUT2D eigenvalue weighted by atomic mass is 16.5. The van der Waals surface area contributed by atoms with Crippen LogP contribution in [-0.2, 0) is 9.53 Å². The number of carboxylic acid groups (broad SMARTS) is 1. The second kappa shape index (κ2) is 8.72. The Bertz CT molecular complexity index is 177. The van der Waals surface area contributed by atoms with Crippen LogP contribution in [0.15, 0.2) is 12.2 Å². The van der Waals surface area contributed by atoms with Crippen molar-refractivity contribution in [3.8, 4) is 0 Å². The summed E-state index contributed by atoms with van der Waals surface area (Å²) in [4.78, 5) is 10.3. The number of aliphatic carboxylic acids is 1. The van der Waals surface area contributed by atoms with Crippen LogP contribution in [-0.4, -0.2) is 36.0 Å². The van der Waals surface area contributed by atoms with E-state index in [1.165, 1.54) is 0 Å². The molecular weight excluding hydrogens is 184 g/mol. The predicted molar refractivity (Wildman–Crippen MR) is 53.1 cm³/mol. The van der Waals surface area contributed by atoms with Gasteiger partial charge in [0.2, 0.25) is 0 Å². The van der Waals surface area contributed by atoms with Gasteiger partial charge in [0.15, 0.2) is 0 Å². The van der Waals surface area contributed by atoms with Crippen molar-refractivity contribution in [2.75, 3.05) is 19.8 Å². The van der Waals surface area contributed by atoms with Gasteiger partial charge in [0, 0.05) is 25.2 Å². The van der Waals surface area contributed by atoms with E-state index >= 15 is 0 Å². The molecule has 0 aromatic heterocycles. The second-order valence-electron chi connectivity index (χ2n) is 3.06. The summed E-state index contributed by atoms with van der Waals surface area (Å²) in [6, 6.07) is 0. The van der Waals surface area contributed by atoms with E-state index in [-0.39, 0.29) is 12.2 Å². The minimum Gasteiger partial charge on any atom is -0.478 e. The molecule has 0 aromatic carbocycles. The molecule has 0 spiro atoms. The maximum Gasteiger partial charge on any atom is 0.331 e. The highest BCUT2D eigenvalue weighted by Gasteiger charge is 2.02. The van der Waals surface area contributed by atoms with E-state index in [0.29, 0.717) is 19.6 Å². The fourth-order valence-corrected chi connectivity index (χ4v) is 0.897. The summed E-state index contributed by atoms with van der Waals surface area (Å²) in [6.07, 6.45) is 3.01. The van der Waals surface area contributed by atoms with Gasteiger partial charge in [0.05, 0.1) is 6.61 Å². The third kappa shape index (κ3) is 7.76. The van der Waals surface area contributed by atoms with Crippen LogP contribution in [0.3, 0.4) is 0 Å². The van der Waals surface area contributed by atoms with E-state index in [1.807, 2.05) is 0 Å². The molecule has 0 saturated carbocycles. The standard InChI is InChI=1S/C10H18O4/c1-9(10(12)13)5-8-14-7-4-2-3-6-11/h11H,1-8H2,(H,12,13). The molecule has 0 atom stereocenters. The normalized spacial score (nSPS) is 10.1. The molecular formula is C10H18O4. The first-order valence-electron chi connectivity index (χ1n) is 4.78. The number of aliphatic hydroxyl groups excluding tert-OH is 1. The molecule has 0 aliphatic heterocycles. The number of rotatable bonds is 9. The number of unbranched alkanes of at least 4 members (excludes halogenated alkanes) is 2. The van der Waals surface area contributed by atoms with Gasteiger partial charge in [-0.3, -0.25) is 0 Å².